The molecule has 0 aliphatic carbocycles. The average Bonchev–Trinajstić information content (AvgIpc) is 2.56. The molecule has 0 unspecified atom stereocenters. The van der Waals surface area contributed by atoms with E-state index in [-0.39, 0.29) is 6.10 Å². The van der Waals surface area contributed by atoms with Crippen molar-refractivity contribution in [3.63, 3.8) is 0 Å². The minimum Gasteiger partial charge on any atom is -0.392 e. The number of aromatic nitrogens is 2. The molecular weight excluding hydrogens is 300 g/mol. The standard InChI is InChI=1S/C19H28N4O/c1-4-16-12-22(9-10-23(16)11-14(2)24)13-19-20-15(3)17-7-5-6-8-18(17)21-19/h5-8,14,16,24H,4,9-13H2,1-3H3/t14-,16+/m1/s1. The maximum atomic E-state index is 9.67. The fraction of sp³-hybridized carbons (Fsp3) is 0.579. The summed E-state index contributed by atoms with van der Waals surface area (Å²) >= 11 is 0. The van der Waals surface area contributed by atoms with Gasteiger partial charge in [-0.3, -0.25) is 9.80 Å². The van der Waals surface area contributed by atoms with Crippen molar-refractivity contribution >= 4 is 10.9 Å². The SMILES string of the molecule is CC[C@H]1CN(Cc2nc(C)c3ccccc3n2)CCN1C[C@@H](C)O. The molecule has 0 radical (unpaired) electrons. The lowest BCUT2D eigenvalue weighted by Gasteiger charge is -2.41. The molecule has 1 aromatic heterocycles. The van der Waals surface area contributed by atoms with Crippen LogP contribution >= 0.6 is 0 Å². The zero-order chi connectivity index (χ0) is 17.1. The van der Waals surface area contributed by atoms with Gasteiger partial charge >= 0.3 is 0 Å². The van der Waals surface area contributed by atoms with E-state index in [0.29, 0.717) is 6.04 Å². The van der Waals surface area contributed by atoms with Gasteiger partial charge in [0, 0.05) is 43.3 Å². The van der Waals surface area contributed by atoms with Crippen LogP contribution in [0.15, 0.2) is 24.3 Å². The lowest BCUT2D eigenvalue weighted by atomic mass is 10.1. The summed E-state index contributed by atoms with van der Waals surface area (Å²) in [4.78, 5) is 14.3. The summed E-state index contributed by atoms with van der Waals surface area (Å²) in [6.07, 6.45) is 0.831. The number of rotatable bonds is 5. The van der Waals surface area contributed by atoms with E-state index in [4.69, 9.17) is 9.97 Å². The number of fused-ring (bicyclic) bond motifs is 1. The Morgan fingerprint density at radius 1 is 1.25 bits per heavy atom. The topological polar surface area (TPSA) is 52.5 Å². The predicted octanol–water partition coefficient (Wildman–Crippen LogP) is 2.22. The molecule has 2 heterocycles. The molecule has 1 N–H and O–H groups in total. The predicted molar refractivity (Wildman–Crippen MR) is 96.9 cm³/mol. The van der Waals surface area contributed by atoms with Crippen LogP contribution in [0.1, 0.15) is 31.8 Å². The van der Waals surface area contributed by atoms with Crippen molar-refractivity contribution in [2.45, 2.75) is 45.9 Å². The first-order valence-electron chi connectivity index (χ1n) is 8.93. The number of hydrogen-bond acceptors (Lipinski definition) is 5. The van der Waals surface area contributed by atoms with Gasteiger partial charge in [0.05, 0.1) is 18.2 Å². The molecule has 24 heavy (non-hydrogen) atoms. The summed E-state index contributed by atoms with van der Waals surface area (Å²) in [5.74, 6) is 0.907. The highest BCUT2D eigenvalue weighted by molar-refractivity contribution is 5.80. The van der Waals surface area contributed by atoms with E-state index in [9.17, 15) is 5.11 Å². The molecule has 2 aromatic rings. The average molecular weight is 328 g/mol. The normalized spacial score (nSPS) is 21.2. The number of aliphatic hydroxyl groups is 1. The van der Waals surface area contributed by atoms with Crippen LogP contribution in [-0.4, -0.2) is 63.2 Å². The van der Waals surface area contributed by atoms with Gasteiger partial charge < -0.3 is 5.11 Å². The van der Waals surface area contributed by atoms with Gasteiger partial charge in [-0.2, -0.15) is 0 Å². The Balaban J connectivity index is 1.70. The van der Waals surface area contributed by atoms with Crippen LogP contribution in [0, 0.1) is 6.92 Å². The van der Waals surface area contributed by atoms with E-state index in [1.54, 1.807) is 0 Å². The van der Waals surface area contributed by atoms with Crippen LogP contribution in [0.3, 0.4) is 0 Å². The van der Waals surface area contributed by atoms with Crippen LogP contribution in [0.25, 0.3) is 10.9 Å². The Morgan fingerprint density at radius 3 is 2.79 bits per heavy atom. The smallest absolute Gasteiger partial charge is 0.143 e. The Kier molecular flexibility index (Phi) is 5.43. The van der Waals surface area contributed by atoms with E-state index in [0.717, 1.165) is 61.6 Å². The van der Waals surface area contributed by atoms with Crippen molar-refractivity contribution in [2.75, 3.05) is 26.2 Å². The lowest BCUT2D eigenvalue weighted by molar-refractivity contribution is 0.0329. The first-order valence-corrected chi connectivity index (χ1v) is 8.93. The molecule has 0 bridgehead atoms. The van der Waals surface area contributed by atoms with E-state index in [1.165, 1.54) is 0 Å². The largest absolute Gasteiger partial charge is 0.392 e. The van der Waals surface area contributed by atoms with E-state index < -0.39 is 0 Å². The molecular formula is C19H28N4O. The van der Waals surface area contributed by atoms with Crippen LogP contribution in [0.2, 0.25) is 0 Å². The molecule has 1 aromatic carbocycles. The summed E-state index contributed by atoms with van der Waals surface area (Å²) in [5, 5.41) is 10.8. The highest BCUT2D eigenvalue weighted by Gasteiger charge is 2.26. The van der Waals surface area contributed by atoms with Crippen LogP contribution in [0.5, 0.6) is 0 Å². The number of piperazine rings is 1. The van der Waals surface area contributed by atoms with E-state index >= 15 is 0 Å². The van der Waals surface area contributed by atoms with Crippen molar-refractivity contribution in [3.8, 4) is 0 Å². The molecule has 5 heteroatoms. The molecule has 0 spiro atoms. The first-order chi connectivity index (χ1) is 11.6. The second-order valence-corrected chi connectivity index (χ2v) is 6.88. The Labute approximate surface area is 144 Å². The molecule has 0 amide bonds. The number of para-hydroxylation sites is 1. The Morgan fingerprint density at radius 2 is 2.04 bits per heavy atom. The molecule has 1 aliphatic rings. The third-order valence-corrected chi connectivity index (χ3v) is 4.86. The number of hydrogen-bond donors (Lipinski definition) is 1. The van der Waals surface area contributed by atoms with Crippen LogP contribution in [-0.2, 0) is 6.54 Å². The quantitative estimate of drug-likeness (QED) is 0.912. The minimum atomic E-state index is -0.267. The monoisotopic (exact) mass is 328 g/mol. The Hall–Kier alpha value is -1.56. The molecule has 1 aliphatic heterocycles. The van der Waals surface area contributed by atoms with E-state index in [2.05, 4.69) is 35.8 Å². The van der Waals surface area contributed by atoms with Crippen molar-refractivity contribution < 1.29 is 5.11 Å². The lowest BCUT2D eigenvalue weighted by Crippen LogP contribution is -2.54. The fourth-order valence-electron chi connectivity index (χ4n) is 3.63. The van der Waals surface area contributed by atoms with Gasteiger partial charge in [0.25, 0.3) is 0 Å². The molecule has 3 rings (SSSR count). The molecule has 2 atom stereocenters. The van der Waals surface area contributed by atoms with Gasteiger partial charge in [-0.05, 0) is 26.3 Å². The van der Waals surface area contributed by atoms with Crippen molar-refractivity contribution in [2.24, 2.45) is 0 Å². The third kappa shape index (κ3) is 3.91. The maximum Gasteiger partial charge on any atom is 0.143 e. The number of benzene rings is 1. The summed E-state index contributed by atoms with van der Waals surface area (Å²) < 4.78 is 0. The number of aryl methyl sites for hydroxylation is 1. The zero-order valence-electron chi connectivity index (χ0n) is 14.9. The highest BCUT2D eigenvalue weighted by Crippen LogP contribution is 2.18. The Bertz CT molecular complexity index is 688. The number of aliphatic hydroxyl groups excluding tert-OH is 1. The number of nitrogens with zero attached hydrogens (tertiary/aromatic N) is 4. The van der Waals surface area contributed by atoms with Crippen LogP contribution < -0.4 is 0 Å². The molecule has 5 nitrogen and oxygen atoms in total. The molecule has 130 valence electrons. The summed E-state index contributed by atoms with van der Waals surface area (Å²) in [6.45, 7) is 10.7. The maximum absolute atomic E-state index is 9.67. The van der Waals surface area contributed by atoms with Gasteiger partial charge in [0.15, 0.2) is 0 Å². The molecule has 1 fully saturated rings. The van der Waals surface area contributed by atoms with Crippen molar-refractivity contribution in [1.29, 1.82) is 0 Å². The van der Waals surface area contributed by atoms with Gasteiger partial charge in [0.1, 0.15) is 5.82 Å². The van der Waals surface area contributed by atoms with Gasteiger partial charge in [-0.15, -0.1) is 0 Å². The van der Waals surface area contributed by atoms with Gasteiger partial charge in [-0.1, -0.05) is 25.1 Å². The summed E-state index contributed by atoms with van der Waals surface area (Å²) in [6, 6.07) is 8.70. The highest BCUT2D eigenvalue weighted by atomic mass is 16.3. The second-order valence-electron chi connectivity index (χ2n) is 6.88. The molecule has 0 saturated carbocycles. The first kappa shape index (κ1) is 17.3. The van der Waals surface area contributed by atoms with Crippen molar-refractivity contribution in [3.05, 3.63) is 35.8 Å². The van der Waals surface area contributed by atoms with Gasteiger partial charge in [-0.25, -0.2) is 9.97 Å². The third-order valence-electron chi connectivity index (χ3n) is 4.86. The second kappa shape index (κ2) is 7.55. The fourth-order valence-corrected chi connectivity index (χ4v) is 3.63. The summed E-state index contributed by atoms with van der Waals surface area (Å²) in [7, 11) is 0. The molecule has 1 saturated heterocycles. The van der Waals surface area contributed by atoms with Crippen LogP contribution in [0.4, 0.5) is 0 Å². The van der Waals surface area contributed by atoms with Crippen molar-refractivity contribution in [1.82, 2.24) is 19.8 Å². The minimum absolute atomic E-state index is 0.267. The summed E-state index contributed by atoms with van der Waals surface area (Å²) in [5.41, 5.74) is 2.08. The van der Waals surface area contributed by atoms with E-state index in [1.807, 2.05) is 19.1 Å². The number of β-amino-alcohol motifs (C(OH)–C–C–N with tert-alkyl or cyclic N) is 1. The zero-order valence-corrected chi connectivity index (χ0v) is 14.9. The van der Waals surface area contributed by atoms with Gasteiger partial charge in [0.2, 0.25) is 0 Å².